The summed E-state index contributed by atoms with van der Waals surface area (Å²) >= 11 is 1.56. The second kappa shape index (κ2) is 3.26. The molecule has 0 spiro atoms. The van der Waals surface area contributed by atoms with Gasteiger partial charge in [-0.15, -0.1) is 14.4 Å². The van der Waals surface area contributed by atoms with Crippen molar-refractivity contribution in [3.8, 4) is 0 Å². The summed E-state index contributed by atoms with van der Waals surface area (Å²) in [5, 5.41) is 8.51. The van der Waals surface area contributed by atoms with Gasteiger partial charge in [-0.25, -0.2) is 0 Å². The highest BCUT2D eigenvalue weighted by molar-refractivity contribution is 7.97. The summed E-state index contributed by atoms with van der Waals surface area (Å²) in [6, 6.07) is 5.54. The monoisotopic (exact) mass is 194 g/mol. The molecule has 0 radical (unpaired) electrons. The highest BCUT2D eigenvalue weighted by atomic mass is 32.2. The molecule has 0 atom stereocenters. The first kappa shape index (κ1) is 8.37. The molecule has 1 heterocycles. The Balaban J connectivity index is 2.49. The fourth-order valence-electron chi connectivity index (χ4n) is 1.09. The zero-order valence-corrected chi connectivity index (χ0v) is 8.08. The molecule has 0 fully saturated rings. The molecule has 2 N–H and O–H groups in total. The average Bonchev–Trinajstić information content (AvgIpc) is 2.46. The topological polar surface area (TPSA) is 56.7 Å². The van der Waals surface area contributed by atoms with Gasteiger partial charge in [0.15, 0.2) is 0 Å². The molecule has 13 heavy (non-hydrogen) atoms. The maximum atomic E-state index is 5.62. The van der Waals surface area contributed by atoms with E-state index >= 15 is 0 Å². The van der Waals surface area contributed by atoms with Gasteiger partial charge in [-0.1, -0.05) is 6.92 Å². The fraction of sp³-hybridized carbons (Fsp3) is 0.250. The van der Waals surface area contributed by atoms with Gasteiger partial charge in [0, 0.05) is 11.4 Å². The minimum absolute atomic E-state index is 0.723. The Labute approximate surface area is 80.2 Å². The SMILES string of the molecule is CCSn1nc2ccc(N)cc2n1. The quantitative estimate of drug-likeness (QED) is 0.736. The molecule has 68 valence electrons. The normalized spacial score (nSPS) is 10.8. The number of aromatic nitrogens is 3. The van der Waals surface area contributed by atoms with Crippen LogP contribution in [0.3, 0.4) is 0 Å². The van der Waals surface area contributed by atoms with Crippen molar-refractivity contribution in [2.45, 2.75) is 6.92 Å². The number of nitrogens with two attached hydrogens (primary N) is 1. The predicted molar refractivity (Wildman–Crippen MR) is 55.5 cm³/mol. The van der Waals surface area contributed by atoms with Gasteiger partial charge < -0.3 is 5.73 Å². The van der Waals surface area contributed by atoms with Crippen LogP contribution in [-0.4, -0.2) is 20.2 Å². The van der Waals surface area contributed by atoms with Crippen LogP contribution >= 0.6 is 11.9 Å². The van der Waals surface area contributed by atoms with Crippen LogP contribution in [0, 0.1) is 0 Å². The lowest BCUT2D eigenvalue weighted by molar-refractivity contribution is 0.880. The number of hydrogen-bond donors (Lipinski definition) is 1. The van der Waals surface area contributed by atoms with E-state index in [-0.39, 0.29) is 0 Å². The molecule has 0 bridgehead atoms. The molecule has 2 aromatic rings. The Morgan fingerprint density at radius 1 is 1.38 bits per heavy atom. The van der Waals surface area contributed by atoms with E-state index in [1.54, 1.807) is 16.1 Å². The van der Waals surface area contributed by atoms with Crippen LogP contribution in [0.5, 0.6) is 0 Å². The third kappa shape index (κ3) is 1.60. The van der Waals surface area contributed by atoms with E-state index in [2.05, 4.69) is 17.1 Å². The Hall–Kier alpha value is -1.23. The molecule has 0 saturated heterocycles. The molecule has 1 aromatic heterocycles. The molecule has 0 aliphatic heterocycles. The van der Waals surface area contributed by atoms with Gasteiger partial charge in [-0.3, -0.25) is 0 Å². The second-order valence-corrected chi connectivity index (χ2v) is 3.78. The molecule has 1 aromatic carbocycles. The van der Waals surface area contributed by atoms with Crippen LogP contribution in [0.1, 0.15) is 6.92 Å². The van der Waals surface area contributed by atoms with Crippen molar-refractivity contribution in [1.29, 1.82) is 0 Å². The first-order chi connectivity index (χ1) is 6.29. The molecule has 0 amide bonds. The highest BCUT2D eigenvalue weighted by Crippen LogP contribution is 2.14. The van der Waals surface area contributed by atoms with Crippen molar-refractivity contribution in [2.24, 2.45) is 0 Å². The smallest absolute Gasteiger partial charge is 0.116 e. The molecule has 0 aliphatic carbocycles. The van der Waals surface area contributed by atoms with Gasteiger partial charge in [0.25, 0.3) is 0 Å². The average molecular weight is 194 g/mol. The van der Waals surface area contributed by atoms with E-state index in [1.165, 1.54) is 0 Å². The van der Waals surface area contributed by atoms with Crippen LogP contribution in [0.25, 0.3) is 11.0 Å². The summed E-state index contributed by atoms with van der Waals surface area (Å²) < 4.78 is 1.63. The van der Waals surface area contributed by atoms with E-state index in [1.807, 2.05) is 18.2 Å². The van der Waals surface area contributed by atoms with E-state index in [0.29, 0.717) is 0 Å². The standard InChI is InChI=1S/C8H10N4S/c1-2-13-12-10-7-4-3-6(9)5-8(7)11-12/h3-5H,2,9H2,1H3. The Morgan fingerprint density at radius 3 is 2.92 bits per heavy atom. The van der Waals surface area contributed by atoms with Crippen LogP contribution in [-0.2, 0) is 0 Å². The molecule has 2 rings (SSSR count). The summed E-state index contributed by atoms with van der Waals surface area (Å²) in [4.78, 5) is 0. The molecular formula is C8H10N4S. The lowest BCUT2D eigenvalue weighted by Crippen LogP contribution is -1.90. The first-order valence-corrected chi connectivity index (χ1v) is 4.99. The lowest BCUT2D eigenvalue weighted by Gasteiger charge is -1.89. The van der Waals surface area contributed by atoms with Crippen molar-refractivity contribution in [1.82, 2.24) is 14.4 Å². The number of anilines is 1. The minimum atomic E-state index is 0.723. The van der Waals surface area contributed by atoms with Crippen molar-refractivity contribution in [3.05, 3.63) is 18.2 Å². The van der Waals surface area contributed by atoms with Crippen LogP contribution in [0.15, 0.2) is 18.2 Å². The van der Waals surface area contributed by atoms with E-state index < -0.39 is 0 Å². The number of hydrogen-bond acceptors (Lipinski definition) is 4. The number of nitrogens with zero attached hydrogens (tertiary/aromatic N) is 3. The molecule has 0 aliphatic rings. The summed E-state index contributed by atoms with van der Waals surface area (Å²) in [6.45, 7) is 2.06. The molecular weight excluding hydrogens is 184 g/mol. The maximum Gasteiger partial charge on any atom is 0.116 e. The molecule has 4 nitrogen and oxygen atoms in total. The number of nitrogen functional groups attached to an aromatic ring is 1. The largest absolute Gasteiger partial charge is 0.399 e. The van der Waals surface area contributed by atoms with Gasteiger partial charge in [-0.2, -0.15) is 0 Å². The van der Waals surface area contributed by atoms with E-state index in [4.69, 9.17) is 5.73 Å². The summed E-state index contributed by atoms with van der Waals surface area (Å²) in [6.07, 6.45) is 0. The Bertz CT molecular complexity index is 423. The van der Waals surface area contributed by atoms with Crippen molar-refractivity contribution < 1.29 is 0 Å². The number of fused-ring (bicyclic) bond motifs is 1. The summed E-state index contributed by atoms with van der Waals surface area (Å²) in [5.74, 6) is 0.955. The van der Waals surface area contributed by atoms with Gasteiger partial charge in [-0.05, 0) is 30.1 Å². The van der Waals surface area contributed by atoms with Crippen LogP contribution < -0.4 is 5.73 Å². The minimum Gasteiger partial charge on any atom is -0.399 e. The van der Waals surface area contributed by atoms with Gasteiger partial charge in [0.1, 0.15) is 11.0 Å². The molecule has 5 heteroatoms. The summed E-state index contributed by atoms with van der Waals surface area (Å²) in [7, 11) is 0. The molecule has 0 saturated carbocycles. The summed E-state index contributed by atoms with van der Waals surface area (Å²) in [5.41, 5.74) is 8.08. The van der Waals surface area contributed by atoms with Crippen molar-refractivity contribution >= 4 is 28.7 Å². The third-order valence-electron chi connectivity index (χ3n) is 1.63. The van der Waals surface area contributed by atoms with E-state index in [0.717, 1.165) is 22.5 Å². The van der Waals surface area contributed by atoms with Crippen molar-refractivity contribution in [2.75, 3.05) is 11.5 Å². The second-order valence-electron chi connectivity index (χ2n) is 2.62. The van der Waals surface area contributed by atoms with Gasteiger partial charge in [0.2, 0.25) is 0 Å². The first-order valence-electron chi connectivity index (χ1n) is 4.05. The third-order valence-corrected chi connectivity index (χ3v) is 2.28. The lowest BCUT2D eigenvalue weighted by atomic mass is 10.3. The number of benzene rings is 1. The number of rotatable bonds is 2. The van der Waals surface area contributed by atoms with Gasteiger partial charge >= 0.3 is 0 Å². The maximum absolute atomic E-state index is 5.62. The fourth-order valence-corrected chi connectivity index (χ4v) is 1.61. The molecule has 0 unspecified atom stereocenters. The van der Waals surface area contributed by atoms with Gasteiger partial charge in [0.05, 0.1) is 0 Å². The Kier molecular flexibility index (Phi) is 2.10. The highest BCUT2D eigenvalue weighted by Gasteiger charge is 2.01. The predicted octanol–water partition coefficient (Wildman–Crippen LogP) is 1.53. The Morgan fingerprint density at radius 2 is 2.15 bits per heavy atom. The zero-order chi connectivity index (χ0) is 9.26. The van der Waals surface area contributed by atoms with Crippen LogP contribution in [0.2, 0.25) is 0 Å². The van der Waals surface area contributed by atoms with Crippen LogP contribution in [0.4, 0.5) is 5.69 Å². The van der Waals surface area contributed by atoms with Crippen molar-refractivity contribution in [3.63, 3.8) is 0 Å². The zero-order valence-electron chi connectivity index (χ0n) is 7.27. The van der Waals surface area contributed by atoms with E-state index in [9.17, 15) is 0 Å².